The Labute approximate surface area is 144 Å². The summed E-state index contributed by atoms with van der Waals surface area (Å²) in [5.74, 6) is 0.421. The molecule has 0 aromatic heterocycles. The third-order valence-electron chi connectivity index (χ3n) is 5.31. The summed E-state index contributed by atoms with van der Waals surface area (Å²) in [4.78, 5) is 39.3. The van der Waals surface area contributed by atoms with Crippen LogP contribution in [0.1, 0.15) is 47.5 Å². The van der Waals surface area contributed by atoms with Crippen LogP contribution in [0, 0.1) is 23.2 Å². The van der Waals surface area contributed by atoms with Gasteiger partial charge in [0.25, 0.3) is 0 Å². The Bertz CT molecular complexity index is 504. The van der Waals surface area contributed by atoms with Crippen molar-refractivity contribution in [2.75, 3.05) is 26.2 Å². The van der Waals surface area contributed by atoms with Crippen molar-refractivity contribution < 1.29 is 14.4 Å². The minimum absolute atomic E-state index is 0.0466. The van der Waals surface area contributed by atoms with Crippen LogP contribution in [0.5, 0.6) is 0 Å². The lowest BCUT2D eigenvalue weighted by atomic mass is 9.76. The summed E-state index contributed by atoms with van der Waals surface area (Å²) in [6.07, 6.45) is 0.926. The summed E-state index contributed by atoms with van der Waals surface area (Å²) in [5.41, 5.74) is 0.236. The number of amides is 4. The quantitative estimate of drug-likeness (QED) is 0.617. The van der Waals surface area contributed by atoms with Crippen molar-refractivity contribution in [1.29, 1.82) is 0 Å². The highest BCUT2D eigenvalue weighted by Gasteiger charge is 2.40. The topological polar surface area (TPSA) is 69.7 Å². The molecule has 1 atom stereocenters. The summed E-state index contributed by atoms with van der Waals surface area (Å²) in [7, 11) is 0. The van der Waals surface area contributed by atoms with Crippen LogP contribution >= 0.6 is 0 Å². The molecule has 0 bridgehead atoms. The van der Waals surface area contributed by atoms with Gasteiger partial charge < -0.3 is 10.2 Å². The Kier molecular flexibility index (Phi) is 5.56. The summed E-state index contributed by atoms with van der Waals surface area (Å²) in [6, 6.07) is -0.0466. The average molecular weight is 337 g/mol. The van der Waals surface area contributed by atoms with Crippen LogP contribution in [0.25, 0.3) is 0 Å². The number of nitrogens with one attached hydrogen (secondary N) is 1. The van der Waals surface area contributed by atoms with E-state index < -0.39 is 0 Å². The molecule has 1 N–H and O–H groups in total. The van der Waals surface area contributed by atoms with Gasteiger partial charge in [0, 0.05) is 38.5 Å². The number of carbonyl (C=O) groups is 3. The van der Waals surface area contributed by atoms with Crippen molar-refractivity contribution in [3.8, 4) is 0 Å². The van der Waals surface area contributed by atoms with Crippen molar-refractivity contribution in [2.45, 2.75) is 47.5 Å². The highest BCUT2D eigenvalue weighted by atomic mass is 16.2. The van der Waals surface area contributed by atoms with Gasteiger partial charge in [0.1, 0.15) is 0 Å². The van der Waals surface area contributed by atoms with Crippen LogP contribution < -0.4 is 5.32 Å². The van der Waals surface area contributed by atoms with Crippen molar-refractivity contribution in [2.24, 2.45) is 23.2 Å². The van der Waals surface area contributed by atoms with Crippen molar-refractivity contribution in [1.82, 2.24) is 15.1 Å². The molecule has 1 unspecified atom stereocenters. The Morgan fingerprint density at radius 1 is 1.25 bits per heavy atom. The Morgan fingerprint density at radius 2 is 1.88 bits per heavy atom. The van der Waals surface area contributed by atoms with Gasteiger partial charge in [0.15, 0.2) is 0 Å². The third-order valence-corrected chi connectivity index (χ3v) is 5.31. The van der Waals surface area contributed by atoms with E-state index in [1.165, 1.54) is 4.90 Å². The van der Waals surface area contributed by atoms with Gasteiger partial charge in [-0.15, -0.1) is 0 Å². The van der Waals surface area contributed by atoms with E-state index in [2.05, 4.69) is 26.1 Å². The number of likely N-dealkylation sites (tertiary alicyclic amines) is 2. The van der Waals surface area contributed by atoms with Gasteiger partial charge in [0.05, 0.1) is 0 Å². The number of hydrogen-bond acceptors (Lipinski definition) is 3. The Balaban J connectivity index is 1.66. The maximum Gasteiger partial charge on any atom is 0.317 e. The molecule has 6 nitrogen and oxygen atoms in total. The SMILES string of the molecule is CC(C)C1CC(=O)N(CCCNC(=O)N2CC(C(C)(C)C)C2)C1=O. The maximum absolute atomic E-state index is 12.2. The average Bonchev–Trinajstić information content (AvgIpc) is 2.67. The minimum Gasteiger partial charge on any atom is -0.338 e. The molecule has 2 aliphatic heterocycles. The fraction of sp³-hybridized carbons (Fsp3) is 0.833. The first-order chi connectivity index (χ1) is 11.1. The Hall–Kier alpha value is -1.59. The number of nitrogens with zero attached hydrogens (tertiary/aromatic N) is 2. The van der Waals surface area contributed by atoms with Crippen LogP contribution in [-0.2, 0) is 9.59 Å². The second-order valence-electron chi connectivity index (χ2n) is 8.49. The molecule has 6 heteroatoms. The van der Waals surface area contributed by atoms with E-state index in [-0.39, 0.29) is 35.1 Å². The highest BCUT2D eigenvalue weighted by molar-refractivity contribution is 6.03. The summed E-state index contributed by atoms with van der Waals surface area (Å²) in [5, 5.41) is 2.88. The molecule has 2 aliphatic rings. The number of hydrogen-bond donors (Lipinski definition) is 1. The molecule has 2 saturated heterocycles. The second kappa shape index (κ2) is 7.11. The first-order valence-corrected chi connectivity index (χ1v) is 8.98. The molecule has 0 aromatic carbocycles. The molecule has 24 heavy (non-hydrogen) atoms. The zero-order valence-electron chi connectivity index (χ0n) is 15.6. The van der Waals surface area contributed by atoms with E-state index in [1.807, 2.05) is 18.7 Å². The predicted molar refractivity (Wildman–Crippen MR) is 92.2 cm³/mol. The van der Waals surface area contributed by atoms with E-state index in [0.717, 1.165) is 13.1 Å². The van der Waals surface area contributed by atoms with Crippen LogP contribution in [0.2, 0.25) is 0 Å². The van der Waals surface area contributed by atoms with Gasteiger partial charge in [-0.25, -0.2) is 4.79 Å². The van der Waals surface area contributed by atoms with Crippen LogP contribution in [0.15, 0.2) is 0 Å². The van der Waals surface area contributed by atoms with E-state index in [1.54, 1.807) is 0 Å². The lowest BCUT2D eigenvalue weighted by Gasteiger charge is -2.46. The van der Waals surface area contributed by atoms with Crippen molar-refractivity contribution in [3.63, 3.8) is 0 Å². The molecular formula is C18H31N3O3. The van der Waals surface area contributed by atoms with Gasteiger partial charge >= 0.3 is 6.03 Å². The number of rotatable bonds is 5. The smallest absolute Gasteiger partial charge is 0.317 e. The monoisotopic (exact) mass is 337 g/mol. The van der Waals surface area contributed by atoms with E-state index in [0.29, 0.717) is 31.8 Å². The first kappa shape index (κ1) is 18.7. The molecule has 0 radical (unpaired) electrons. The van der Waals surface area contributed by atoms with Gasteiger partial charge in [-0.2, -0.15) is 0 Å². The van der Waals surface area contributed by atoms with Crippen LogP contribution in [-0.4, -0.2) is 53.8 Å². The normalized spacial score (nSPS) is 22.3. The standard InChI is InChI=1S/C18H31N3O3/c1-12(2)14-9-15(22)21(16(14)23)8-6-7-19-17(24)20-10-13(11-20)18(3,4)5/h12-14H,6-11H2,1-5H3,(H,19,24). The number of imide groups is 1. The molecule has 4 amide bonds. The minimum atomic E-state index is -0.178. The molecule has 0 saturated carbocycles. The molecule has 2 heterocycles. The molecule has 0 aromatic rings. The summed E-state index contributed by atoms with van der Waals surface area (Å²) in [6.45, 7) is 13.0. The summed E-state index contributed by atoms with van der Waals surface area (Å²) < 4.78 is 0. The summed E-state index contributed by atoms with van der Waals surface area (Å²) >= 11 is 0. The molecule has 136 valence electrons. The Morgan fingerprint density at radius 3 is 2.38 bits per heavy atom. The lowest BCUT2D eigenvalue weighted by molar-refractivity contribution is -0.139. The van der Waals surface area contributed by atoms with Gasteiger partial charge in [0.2, 0.25) is 11.8 Å². The fourth-order valence-electron chi connectivity index (χ4n) is 3.20. The van der Waals surface area contributed by atoms with Crippen LogP contribution in [0.3, 0.4) is 0 Å². The number of carbonyl (C=O) groups excluding carboxylic acids is 3. The first-order valence-electron chi connectivity index (χ1n) is 8.98. The zero-order valence-corrected chi connectivity index (χ0v) is 15.6. The van der Waals surface area contributed by atoms with Gasteiger partial charge in [-0.05, 0) is 23.7 Å². The van der Waals surface area contributed by atoms with Gasteiger partial charge in [-0.3, -0.25) is 14.5 Å². The predicted octanol–water partition coefficient (Wildman–Crippen LogP) is 2.10. The molecule has 0 aliphatic carbocycles. The molecule has 2 fully saturated rings. The van der Waals surface area contributed by atoms with Crippen LogP contribution in [0.4, 0.5) is 4.79 Å². The second-order valence-corrected chi connectivity index (χ2v) is 8.49. The lowest BCUT2D eigenvalue weighted by Crippen LogP contribution is -2.57. The van der Waals surface area contributed by atoms with E-state index >= 15 is 0 Å². The molecule has 2 rings (SSSR count). The van der Waals surface area contributed by atoms with E-state index in [4.69, 9.17) is 0 Å². The van der Waals surface area contributed by atoms with Crippen molar-refractivity contribution >= 4 is 17.8 Å². The molecular weight excluding hydrogens is 306 g/mol. The molecule has 0 spiro atoms. The fourth-order valence-corrected chi connectivity index (χ4v) is 3.20. The van der Waals surface area contributed by atoms with Gasteiger partial charge in [-0.1, -0.05) is 34.6 Å². The largest absolute Gasteiger partial charge is 0.338 e. The van der Waals surface area contributed by atoms with E-state index in [9.17, 15) is 14.4 Å². The maximum atomic E-state index is 12.2. The number of urea groups is 1. The zero-order chi connectivity index (χ0) is 18.1. The van der Waals surface area contributed by atoms with Crippen molar-refractivity contribution in [3.05, 3.63) is 0 Å². The highest BCUT2D eigenvalue weighted by Crippen LogP contribution is 2.33. The third kappa shape index (κ3) is 4.08.